The summed E-state index contributed by atoms with van der Waals surface area (Å²) in [6.45, 7) is 17.5. The summed E-state index contributed by atoms with van der Waals surface area (Å²) < 4.78 is 0. The molecule has 0 radical (unpaired) electrons. The molecule has 0 aromatic heterocycles. The predicted octanol–water partition coefficient (Wildman–Crippen LogP) is 3.44. The summed E-state index contributed by atoms with van der Waals surface area (Å²) in [6, 6.07) is 5.95. The third kappa shape index (κ3) is 2.21. The summed E-state index contributed by atoms with van der Waals surface area (Å²) in [4.78, 5) is 6.24. The molecule has 0 fully saturated rings. The molecular formula is C12H10N2. The maximum absolute atomic E-state index is 6.76. The van der Waals surface area contributed by atoms with E-state index in [0.717, 1.165) is 11.1 Å². The number of rotatable bonds is 1. The summed E-state index contributed by atoms with van der Waals surface area (Å²) in [5.74, 6) is 0.108. The average molecular weight is 182 g/mol. The Labute approximate surface area is 84.1 Å². The fourth-order valence-corrected chi connectivity index (χ4v) is 1.22. The van der Waals surface area contributed by atoms with Crippen molar-refractivity contribution in [3.63, 3.8) is 0 Å². The second kappa shape index (κ2) is 4.25. The smallest absolute Gasteiger partial charge is 0.154 e. The van der Waals surface area contributed by atoms with E-state index in [1.165, 1.54) is 5.56 Å². The van der Waals surface area contributed by atoms with Crippen molar-refractivity contribution in [1.82, 2.24) is 0 Å². The SMILES string of the molecule is [C-]#[N+]C(=Cc1ccc(C)cc1C)[N+]#[C-]. The van der Waals surface area contributed by atoms with E-state index >= 15 is 0 Å². The molecule has 0 saturated carbocycles. The van der Waals surface area contributed by atoms with E-state index in [1.807, 2.05) is 32.0 Å². The molecule has 1 aromatic carbocycles. The summed E-state index contributed by atoms with van der Waals surface area (Å²) in [7, 11) is 0. The Bertz CT molecular complexity index is 440. The summed E-state index contributed by atoms with van der Waals surface area (Å²) in [5, 5.41) is 0. The van der Waals surface area contributed by atoms with Crippen LogP contribution < -0.4 is 0 Å². The van der Waals surface area contributed by atoms with Crippen molar-refractivity contribution in [3.05, 3.63) is 63.5 Å². The quantitative estimate of drug-likeness (QED) is 0.588. The Morgan fingerprint density at radius 3 is 2.36 bits per heavy atom. The zero-order chi connectivity index (χ0) is 10.6. The highest BCUT2D eigenvalue weighted by atomic mass is 14.9. The predicted molar refractivity (Wildman–Crippen MR) is 57.1 cm³/mol. The minimum Gasteiger partial charge on any atom is -0.154 e. The van der Waals surface area contributed by atoms with Crippen LogP contribution in [0.2, 0.25) is 0 Å². The largest absolute Gasteiger partial charge is 0.519 e. The van der Waals surface area contributed by atoms with Crippen molar-refractivity contribution in [3.8, 4) is 0 Å². The van der Waals surface area contributed by atoms with Crippen LogP contribution in [0.25, 0.3) is 15.8 Å². The molecular weight excluding hydrogens is 172 g/mol. The van der Waals surface area contributed by atoms with E-state index in [4.69, 9.17) is 13.1 Å². The van der Waals surface area contributed by atoms with Gasteiger partial charge in [0, 0.05) is 6.08 Å². The molecule has 14 heavy (non-hydrogen) atoms. The Morgan fingerprint density at radius 2 is 1.86 bits per heavy atom. The Balaban J connectivity index is 3.18. The van der Waals surface area contributed by atoms with Gasteiger partial charge >= 0.3 is 5.82 Å². The standard InChI is InChI=1S/C12H10N2/c1-9-5-6-11(10(2)7-9)8-12(13-3)14-4/h5-8H,1-2H3. The topological polar surface area (TPSA) is 8.72 Å². The Kier molecular flexibility index (Phi) is 3.05. The molecule has 0 bridgehead atoms. The van der Waals surface area contributed by atoms with E-state index < -0.39 is 0 Å². The van der Waals surface area contributed by atoms with Gasteiger partial charge in [0.25, 0.3) is 0 Å². The van der Waals surface area contributed by atoms with Gasteiger partial charge in [-0.2, -0.15) is 9.69 Å². The first-order valence-electron chi connectivity index (χ1n) is 4.21. The molecule has 0 atom stereocenters. The molecule has 0 heterocycles. The normalized spacial score (nSPS) is 8.57. The van der Waals surface area contributed by atoms with Gasteiger partial charge in [0.15, 0.2) is 0 Å². The van der Waals surface area contributed by atoms with Crippen LogP contribution in [0, 0.1) is 27.0 Å². The zero-order valence-electron chi connectivity index (χ0n) is 8.20. The number of nitrogens with zero attached hydrogens (tertiary/aromatic N) is 2. The van der Waals surface area contributed by atoms with Crippen LogP contribution in [0.1, 0.15) is 16.7 Å². The van der Waals surface area contributed by atoms with Crippen molar-refractivity contribution < 1.29 is 0 Å². The van der Waals surface area contributed by atoms with E-state index in [2.05, 4.69) is 9.69 Å². The summed E-state index contributed by atoms with van der Waals surface area (Å²) in [5.41, 5.74) is 3.22. The minimum atomic E-state index is 0.108. The van der Waals surface area contributed by atoms with Gasteiger partial charge in [-0.05, 0) is 25.0 Å². The zero-order valence-corrected chi connectivity index (χ0v) is 8.20. The number of benzene rings is 1. The Morgan fingerprint density at radius 1 is 1.21 bits per heavy atom. The van der Waals surface area contributed by atoms with Crippen LogP contribution in [0.5, 0.6) is 0 Å². The van der Waals surface area contributed by atoms with Crippen molar-refractivity contribution in [2.24, 2.45) is 0 Å². The van der Waals surface area contributed by atoms with E-state index in [0.29, 0.717) is 0 Å². The van der Waals surface area contributed by atoms with Gasteiger partial charge in [-0.3, -0.25) is 0 Å². The summed E-state index contributed by atoms with van der Waals surface area (Å²) in [6.07, 6.45) is 1.62. The molecule has 0 aliphatic rings. The van der Waals surface area contributed by atoms with Gasteiger partial charge in [-0.1, -0.05) is 23.8 Å². The van der Waals surface area contributed by atoms with Crippen molar-refractivity contribution >= 4 is 6.08 Å². The number of hydrogen-bond donors (Lipinski definition) is 0. The molecule has 0 aliphatic heterocycles. The van der Waals surface area contributed by atoms with Crippen LogP contribution in [0.15, 0.2) is 24.0 Å². The molecule has 1 rings (SSSR count). The molecule has 0 N–H and O–H groups in total. The van der Waals surface area contributed by atoms with Crippen molar-refractivity contribution in [2.75, 3.05) is 0 Å². The maximum Gasteiger partial charge on any atom is 0.519 e. The Hall–Kier alpha value is -2.06. The van der Waals surface area contributed by atoms with Crippen LogP contribution >= 0.6 is 0 Å². The van der Waals surface area contributed by atoms with Gasteiger partial charge < -0.3 is 0 Å². The molecule has 2 nitrogen and oxygen atoms in total. The average Bonchev–Trinajstić information content (AvgIpc) is 2.17. The molecule has 2 heteroatoms. The molecule has 0 amide bonds. The van der Waals surface area contributed by atoms with E-state index in [1.54, 1.807) is 6.08 Å². The van der Waals surface area contributed by atoms with Gasteiger partial charge in [0.1, 0.15) is 13.1 Å². The first-order valence-corrected chi connectivity index (χ1v) is 4.21. The number of aryl methyl sites for hydroxylation is 2. The van der Waals surface area contributed by atoms with E-state index in [9.17, 15) is 0 Å². The summed E-state index contributed by atoms with van der Waals surface area (Å²) >= 11 is 0. The second-order valence-corrected chi connectivity index (χ2v) is 3.09. The highest BCUT2D eigenvalue weighted by molar-refractivity contribution is 5.59. The highest BCUT2D eigenvalue weighted by Gasteiger charge is 2.03. The number of hydrogen-bond acceptors (Lipinski definition) is 0. The minimum absolute atomic E-state index is 0.108. The molecule has 0 spiro atoms. The monoisotopic (exact) mass is 182 g/mol. The molecule has 0 unspecified atom stereocenters. The van der Waals surface area contributed by atoms with Crippen LogP contribution in [0.3, 0.4) is 0 Å². The molecule has 1 aromatic rings. The fraction of sp³-hybridized carbons (Fsp3) is 0.167. The second-order valence-electron chi connectivity index (χ2n) is 3.09. The van der Waals surface area contributed by atoms with E-state index in [-0.39, 0.29) is 5.82 Å². The highest BCUT2D eigenvalue weighted by Crippen LogP contribution is 2.15. The van der Waals surface area contributed by atoms with Crippen LogP contribution in [-0.4, -0.2) is 0 Å². The fourth-order valence-electron chi connectivity index (χ4n) is 1.22. The lowest BCUT2D eigenvalue weighted by Crippen LogP contribution is -1.82. The first-order chi connectivity index (χ1) is 6.67. The van der Waals surface area contributed by atoms with Crippen molar-refractivity contribution in [2.45, 2.75) is 13.8 Å². The first kappa shape index (κ1) is 10.0. The van der Waals surface area contributed by atoms with Gasteiger partial charge in [0.05, 0.1) is 0 Å². The lowest BCUT2D eigenvalue weighted by Gasteiger charge is -1.99. The maximum atomic E-state index is 6.76. The third-order valence-electron chi connectivity index (χ3n) is 1.94. The molecule has 0 aliphatic carbocycles. The van der Waals surface area contributed by atoms with Crippen LogP contribution in [0.4, 0.5) is 0 Å². The van der Waals surface area contributed by atoms with Gasteiger partial charge in [0.2, 0.25) is 0 Å². The van der Waals surface area contributed by atoms with Gasteiger partial charge in [-0.15, -0.1) is 0 Å². The third-order valence-corrected chi connectivity index (χ3v) is 1.94. The van der Waals surface area contributed by atoms with Gasteiger partial charge in [-0.25, -0.2) is 0 Å². The molecule has 68 valence electrons. The molecule has 0 saturated heterocycles. The lowest BCUT2D eigenvalue weighted by molar-refractivity contribution is 1.37. The van der Waals surface area contributed by atoms with Crippen molar-refractivity contribution in [1.29, 1.82) is 0 Å². The lowest BCUT2D eigenvalue weighted by atomic mass is 10.1. The van der Waals surface area contributed by atoms with Crippen LogP contribution in [-0.2, 0) is 0 Å².